The molecular weight excluding hydrogens is 435 g/mol. The highest BCUT2D eigenvalue weighted by Gasteiger charge is 2.09. The summed E-state index contributed by atoms with van der Waals surface area (Å²) in [5, 5.41) is 0. The number of benzene rings is 1. The topological polar surface area (TPSA) is 35.0 Å². The summed E-state index contributed by atoms with van der Waals surface area (Å²) < 4.78 is 20.0. The molecule has 1 heterocycles. The second kappa shape index (κ2) is 18.3. The van der Waals surface area contributed by atoms with E-state index >= 15 is 0 Å². The Morgan fingerprint density at radius 2 is 1.37 bits per heavy atom. The maximum atomic E-state index is 14.2. The Hall–Kier alpha value is -1.97. The van der Waals surface area contributed by atoms with Gasteiger partial charge in [-0.15, -0.1) is 0 Å². The highest BCUT2D eigenvalue weighted by atomic mass is 19.1. The van der Waals surface area contributed by atoms with Gasteiger partial charge in [0.1, 0.15) is 11.9 Å². The van der Waals surface area contributed by atoms with Crippen LogP contribution in [0.25, 0.3) is 11.4 Å². The SMILES string of the molecule is CCCCCCCCCc1cnc(-c2ccc(OCCC(F)CCCC(C)CCCC)cc2)nc1. The zero-order valence-electron chi connectivity index (χ0n) is 22.6. The Morgan fingerprint density at radius 1 is 0.743 bits per heavy atom. The van der Waals surface area contributed by atoms with Gasteiger partial charge in [0.05, 0.1) is 6.61 Å². The van der Waals surface area contributed by atoms with Crippen LogP contribution >= 0.6 is 0 Å². The van der Waals surface area contributed by atoms with E-state index in [1.54, 1.807) is 0 Å². The summed E-state index contributed by atoms with van der Waals surface area (Å²) in [6.45, 7) is 7.18. The van der Waals surface area contributed by atoms with Crippen LogP contribution in [-0.2, 0) is 6.42 Å². The lowest BCUT2D eigenvalue weighted by molar-refractivity contribution is 0.220. The zero-order valence-corrected chi connectivity index (χ0v) is 22.6. The predicted octanol–water partition coefficient (Wildman–Crippen LogP) is 9.54. The number of hydrogen-bond acceptors (Lipinski definition) is 3. The van der Waals surface area contributed by atoms with Crippen molar-refractivity contribution in [2.75, 3.05) is 6.61 Å². The molecular formula is C31H49FN2O. The number of halogens is 1. The Labute approximate surface area is 214 Å². The molecule has 2 unspecified atom stereocenters. The Kier molecular flexibility index (Phi) is 15.3. The molecule has 3 nitrogen and oxygen atoms in total. The molecule has 0 aliphatic rings. The third kappa shape index (κ3) is 13.1. The van der Waals surface area contributed by atoms with Gasteiger partial charge in [0.15, 0.2) is 5.82 Å². The van der Waals surface area contributed by atoms with Gasteiger partial charge in [-0.05, 0) is 55.0 Å². The largest absolute Gasteiger partial charge is 0.493 e. The summed E-state index contributed by atoms with van der Waals surface area (Å²) in [5.74, 6) is 2.21. The molecule has 2 rings (SSSR count). The van der Waals surface area contributed by atoms with E-state index in [9.17, 15) is 4.39 Å². The number of rotatable bonds is 20. The Morgan fingerprint density at radius 3 is 2.06 bits per heavy atom. The maximum absolute atomic E-state index is 14.2. The number of unbranched alkanes of at least 4 members (excludes halogenated alkanes) is 7. The number of aryl methyl sites for hydroxylation is 1. The fourth-order valence-electron chi connectivity index (χ4n) is 4.45. The van der Waals surface area contributed by atoms with Gasteiger partial charge in [-0.25, -0.2) is 14.4 Å². The zero-order chi connectivity index (χ0) is 25.1. The van der Waals surface area contributed by atoms with Crippen molar-refractivity contribution >= 4 is 0 Å². The Bertz CT molecular complexity index is 763. The van der Waals surface area contributed by atoms with E-state index in [4.69, 9.17) is 4.74 Å². The van der Waals surface area contributed by atoms with E-state index in [1.165, 1.54) is 69.8 Å². The lowest BCUT2D eigenvalue weighted by Gasteiger charge is -2.13. The van der Waals surface area contributed by atoms with Crippen molar-refractivity contribution < 1.29 is 9.13 Å². The monoisotopic (exact) mass is 484 g/mol. The first-order chi connectivity index (χ1) is 17.1. The van der Waals surface area contributed by atoms with Crippen molar-refractivity contribution in [3.63, 3.8) is 0 Å². The fraction of sp³-hybridized carbons (Fsp3) is 0.677. The first kappa shape index (κ1) is 29.3. The van der Waals surface area contributed by atoms with Crippen molar-refractivity contribution in [3.05, 3.63) is 42.2 Å². The second-order valence-corrected chi connectivity index (χ2v) is 10.2. The van der Waals surface area contributed by atoms with Gasteiger partial charge in [-0.3, -0.25) is 0 Å². The number of nitrogens with zero attached hydrogens (tertiary/aromatic N) is 2. The van der Waals surface area contributed by atoms with Gasteiger partial charge in [-0.2, -0.15) is 0 Å². The number of hydrogen-bond donors (Lipinski definition) is 0. The average molecular weight is 485 g/mol. The smallest absolute Gasteiger partial charge is 0.159 e. The molecule has 4 heteroatoms. The fourth-order valence-corrected chi connectivity index (χ4v) is 4.45. The molecule has 0 bridgehead atoms. The molecule has 0 fully saturated rings. The van der Waals surface area contributed by atoms with Crippen LogP contribution < -0.4 is 4.74 Å². The standard InChI is InChI=1S/C31H49FN2O/c1-4-6-8-9-10-11-12-16-27-24-33-31(34-25-27)28-18-20-30(21-19-28)35-23-22-29(32)17-13-15-26(3)14-7-5-2/h18-21,24-26,29H,4-17,22-23H2,1-3H3. The minimum atomic E-state index is -0.777. The molecule has 2 aromatic rings. The van der Waals surface area contributed by atoms with Crippen molar-refractivity contribution in [2.24, 2.45) is 5.92 Å². The molecule has 35 heavy (non-hydrogen) atoms. The van der Waals surface area contributed by atoms with Gasteiger partial charge in [0.25, 0.3) is 0 Å². The highest BCUT2D eigenvalue weighted by Crippen LogP contribution is 2.21. The predicted molar refractivity (Wildman–Crippen MR) is 147 cm³/mol. The molecule has 0 N–H and O–H groups in total. The lowest BCUT2D eigenvalue weighted by atomic mass is 9.97. The van der Waals surface area contributed by atoms with E-state index in [0.717, 1.165) is 36.4 Å². The van der Waals surface area contributed by atoms with Crippen molar-refractivity contribution in [2.45, 2.75) is 123 Å². The van der Waals surface area contributed by atoms with Crippen LogP contribution in [0.5, 0.6) is 5.75 Å². The van der Waals surface area contributed by atoms with E-state index in [2.05, 4.69) is 30.7 Å². The normalized spacial score (nSPS) is 13.0. The van der Waals surface area contributed by atoms with Crippen LogP contribution in [0, 0.1) is 5.92 Å². The van der Waals surface area contributed by atoms with Crippen LogP contribution in [0.2, 0.25) is 0 Å². The third-order valence-corrected chi connectivity index (χ3v) is 6.85. The Balaban J connectivity index is 1.63. The van der Waals surface area contributed by atoms with E-state index in [0.29, 0.717) is 25.4 Å². The van der Waals surface area contributed by atoms with Crippen LogP contribution in [-0.4, -0.2) is 22.7 Å². The summed E-state index contributed by atoms with van der Waals surface area (Å²) >= 11 is 0. The first-order valence-corrected chi connectivity index (χ1v) is 14.3. The van der Waals surface area contributed by atoms with Gasteiger partial charge >= 0.3 is 0 Å². The molecule has 2 atom stereocenters. The minimum absolute atomic E-state index is 0.412. The number of ether oxygens (including phenoxy) is 1. The minimum Gasteiger partial charge on any atom is -0.493 e. The number of alkyl halides is 1. The lowest BCUT2D eigenvalue weighted by Crippen LogP contribution is -2.08. The van der Waals surface area contributed by atoms with Gasteiger partial charge in [0.2, 0.25) is 0 Å². The van der Waals surface area contributed by atoms with Crippen molar-refractivity contribution in [1.82, 2.24) is 9.97 Å². The third-order valence-electron chi connectivity index (χ3n) is 6.85. The van der Waals surface area contributed by atoms with Gasteiger partial charge in [-0.1, -0.05) is 91.4 Å². The molecule has 0 radical (unpaired) electrons. The maximum Gasteiger partial charge on any atom is 0.159 e. The molecule has 0 saturated heterocycles. The summed E-state index contributed by atoms with van der Waals surface area (Å²) in [5.41, 5.74) is 2.18. The number of aromatic nitrogens is 2. The molecule has 0 amide bonds. The molecule has 0 spiro atoms. The van der Waals surface area contributed by atoms with Crippen LogP contribution in [0.15, 0.2) is 36.7 Å². The molecule has 1 aromatic carbocycles. The summed E-state index contributed by atoms with van der Waals surface area (Å²) in [6, 6.07) is 7.80. The molecule has 1 aromatic heterocycles. The molecule has 0 saturated carbocycles. The highest BCUT2D eigenvalue weighted by molar-refractivity contribution is 5.55. The van der Waals surface area contributed by atoms with Crippen LogP contribution in [0.3, 0.4) is 0 Å². The van der Waals surface area contributed by atoms with Gasteiger partial charge in [0, 0.05) is 24.4 Å². The van der Waals surface area contributed by atoms with Crippen molar-refractivity contribution in [3.8, 4) is 17.1 Å². The van der Waals surface area contributed by atoms with Crippen LogP contribution in [0.1, 0.15) is 116 Å². The van der Waals surface area contributed by atoms with Crippen molar-refractivity contribution in [1.29, 1.82) is 0 Å². The summed E-state index contributed by atoms with van der Waals surface area (Å²) in [4.78, 5) is 9.12. The average Bonchev–Trinajstić information content (AvgIpc) is 2.88. The molecule has 0 aliphatic carbocycles. The molecule has 0 aliphatic heterocycles. The van der Waals surface area contributed by atoms with Crippen LogP contribution in [0.4, 0.5) is 4.39 Å². The van der Waals surface area contributed by atoms with E-state index < -0.39 is 6.17 Å². The second-order valence-electron chi connectivity index (χ2n) is 10.2. The summed E-state index contributed by atoms with van der Waals surface area (Å²) in [7, 11) is 0. The van der Waals surface area contributed by atoms with E-state index in [1.807, 2.05) is 36.7 Å². The van der Waals surface area contributed by atoms with E-state index in [-0.39, 0.29) is 0 Å². The molecule has 196 valence electrons. The summed E-state index contributed by atoms with van der Waals surface area (Å²) in [6.07, 6.45) is 20.4. The first-order valence-electron chi connectivity index (χ1n) is 14.3. The van der Waals surface area contributed by atoms with Gasteiger partial charge < -0.3 is 4.74 Å². The quantitative estimate of drug-likeness (QED) is 0.175.